The van der Waals surface area contributed by atoms with Crippen molar-refractivity contribution in [2.45, 2.75) is 56.5 Å². The molecule has 0 bridgehead atoms. The average molecular weight is 319 g/mol. The summed E-state index contributed by atoms with van der Waals surface area (Å²) < 4.78 is 0. The SMILES string of the molecule is N#CC1([NH2+][C@H](Cc2ccccc2)c2ccccc2)CCCCCC1. The fourth-order valence-corrected chi connectivity index (χ4v) is 3.90. The van der Waals surface area contributed by atoms with Crippen LogP contribution in [0.5, 0.6) is 0 Å². The molecule has 3 rings (SSSR count). The average Bonchev–Trinajstić information content (AvgIpc) is 2.89. The van der Waals surface area contributed by atoms with Gasteiger partial charge in [0, 0.05) is 24.8 Å². The first-order chi connectivity index (χ1) is 11.8. The highest BCUT2D eigenvalue weighted by Gasteiger charge is 2.37. The first-order valence-electron chi connectivity index (χ1n) is 9.17. The monoisotopic (exact) mass is 319 g/mol. The minimum Gasteiger partial charge on any atom is -0.323 e. The van der Waals surface area contributed by atoms with Gasteiger partial charge in [0.15, 0.2) is 5.54 Å². The standard InChI is InChI=1S/C22H26N2/c23-18-22(15-9-1-2-10-16-22)24-21(20-13-7-4-8-14-20)17-19-11-5-3-6-12-19/h3-8,11-14,21,24H,1-2,9-10,15-17H2/p+1/t21-/m1/s1. The topological polar surface area (TPSA) is 40.4 Å². The molecule has 1 aliphatic carbocycles. The maximum absolute atomic E-state index is 9.95. The van der Waals surface area contributed by atoms with E-state index in [9.17, 15) is 5.26 Å². The molecule has 0 radical (unpaired) electrons. The van der Waals surface area contributed by atoms with Gasteiger partial charge in [-0.05, 0) is 18.4 Å². The third-order valence-electron chi connectivity index (χ3n) is 5.26. The van der Waals surface area contributed by atoms with Crippen LogP contribution < -0.4 is 5.32 Å². The van der Waals surface area contributed by atoms with Gasteiger partial charge in [0.25, 0.3) is 0 Å². The van der Waals surface area contributed by atoms with Crippen molar-refractivity contribution >= 4 is 0 Å². The summed E-state index contributed by atoms with van der Waals surface area (Å²) in [4.78, 5) is 0. The Balaban J connectivity index is 1.85. The molecule has 0 aromatic heterocycles. The fraction of sp³-hybridized carbons (Fsp3) is 0.409. The lowest BCUT2D eigenvalue weighted by molar-refractivity contribution is -0.752. The molecule has 0 aliphatic heterocycles. The van der Waals surface area contributed by atoms with Crippen LogP contribution in [0.4, 0.5) is 0 Å². The van der Waals surface area contributed by atoms with E-state index >= 15 is 0 Å². The number of nitrogens with zero attached hydrogens (tertiary/aromatic N) is 1. The second-order valence-corrected chi connectivity index (χ2v) is 7.06. The van der Waals surface area contributed by atoms with E-state index in [-0.39, 0.29) is 5.54 Å². The summed E-state index contributed by atoms with van der Waals surface area (Å²) in [5, 5.41) is 12.3. The molecule has 2 aromatic rings. The number of rotatable bonds is 5. The zero-order valence-electron chi connectivity index (χ0n) is 14.3. The smallest absolute Gasteiger partial charge is 0.183 e. The van der Waals surface area contributed by atoms with Crippen molar-refractivity contribution in [3.05, 3.63) is 71.8 Å². The Hall–Kier alpha value is -2.11. The molecule has 1 fully saturated rings. The Kier molecular flexibility index (Phi) is 5.67. The molecule has 0 heterocycles. The van der Waals surface area contributed by atoms with E-state index in [1.165, 1.54) is 36.8 Å². The number of nitriles is 1. The molecule has 0 unspecified atom stereocenters. The lowest BCUT2D eigenvalue weighted by Gasteiger charge is -2.29. The van der Waals surface area contributed by atoms with Crippen molar-refractivity contribution in [1.82, 2.24) is 0 Å². The summed E-state index contributed by atoms with van der Waals surface area (Å²) in [6.45, 7) is 0. The molecule has 2 aromatic carbocycles. The van der Waals surface area contributed by atoms with Gasteiger partial charge in [0.2, 0.25) is 0 Å². The third kappa shape index (κ3) is 4.24. The summed E-state index contributed by atoms with van der Waals surface area (Å²) in [5.41, 5.74) is 2.40. The largest absolute Gasteiger partial charge is 0.323 e. The van der Waals surface area contributed by atoms with Crippen LogP contribution in [0.15, 0.2) is 60.7 Å². The van der Waals surface area contributed by atoms with E-state index in [1.54, 1.807) is 0 Å². The lowest BCUT2D eigenvalue weighted by Crippen LogP contribution is -2.97. The maximum Gasteiger partial charge on any atom is 0.183 e. The van der Waals surface area contributed by atoms with Crippen LogP contribution in [0.2, 0.25) is 0 Å². The zero-order chi connectivity index (χ0) is 16.7. The predicted molar refractivity (Wildman–Crippen MR) is 97.3 cm³/mol. The molecule has 0 saturated heterocycles. The number of nitrogens with two attached hydrogens (primary N) is 1. The number of quaternary nitrogens is 1. The molecule has 1 atom stereocenters. The second kappa shape index (κ2) is 8.13. The molecule has 2 N–H and O–H groups in total. The number of hydrogen-bond acceptors (Lipinski definition) is 1. The summed E-state index contributed by atoms with van der Waals surface area (Å²) in [6.07, 6.45) is 7.89. The Bertz CT molecular complexity index is 649. The molecule has 2 nitrogen and oxygen atoms in total. The third-order valence-corrected chi connectivity index (χ3v) is 5.26. The van der Waals surface area contributed by atoms with Crippen LogP contribution in [0, 0.1) is 11.3 Å². The highest BCUT2D eigenvalue weighted by molar-refractivity contribution is 5.22. The summed E-state index contributed by atoms with van der Waals surface area (Å²) >= 11 is 0. The van der Waals surface area contributed by atoms with Crippen molar-refractivity contribution in [1.29, 1.82) is 5.26 Å². The Labute approximate surface area is 145 Å². The van der Waals surface area contributed by atoms with Gasteiger partial charge < -0.3 is 5.32 Å². The maximum atomic E-state index is 9.95. The van der Waals surface area contributed by atoms with Gasteiger partial charge in [-0.3, -0.25) is 0 Å². The van der Waals surface area contributed by atoms with Crippen LogP contribution in [-0.4, -0.2) is 5.54 Å². The van der Waals surface area contributed by atoms with Crippen LogP contribution in [-0.2, 0) is 6.42 Å². The van der Waals surface area contributed by atoms with Gasteiger partial charge in [0.05, 0.1) is 0 Å². The van der Waals surface area contributed by atoms with E-state index < -0.39 is 0 Å². The molecule has 0 spiro atoms. The molecule has 1 saturated carbocycles. The minimum atomic E-state index is -0.258. The van der Waals surface area contributed by atoms with Gasteiger partial charge in [-0.25, -0.2) is 0 Å². The fourth-order valence-electron chi connectivity index (χ4n) is 3.90. The molecule has 1 aliphatic rings. The molecular formula is C22H27N2+. The zero-order valence-corrected chi connectivity index (χ0v) is 14.3. The Morgan fingerprint density at radius 2 is 1.46 bits per heavy atom. The van der Waals surface area contributed by atoms with E-state index in [1.807, 2.05) is 0 Å². The van der Waals surface area contributed by atoms with Crippen molar-refractivity contribution in [3.63, 3.8) is 0 Å². The number of benzene rings is 2. The predicted octanol–water partition coefficient (Wildman–Crippen LogP) is 4.15. The summed E-state index contributed by atoms with van der Waals surface area (Å²) in [6, 6.07) is 24.3. The van der Waals surface area contributed by atoms with Gasteiger partial charge in [-0.15, -0.1) is 0 Å². The van der Waals surface area contributed by atoms with E-state index in [4.69, 9.17) is 0 Å². The van der Waals surface area contributed by atoms with Crippen LogP contribution in [0.1, 0.15) is 55.7 Å². The molecule has 2 heteroatoms. The highest BCUT2D eigenvalue weighted by atomic mass is 15.0. The highest BCUT2D eigenvalue weighted by Crippen LogP contribution is 2.25. The van der Waals surface area contributed by atoms with Crippen molar-refractivity contribution < 1.29 is 5.32 Å². The van der Waals surface area contributed by atoms with Crippen LogP contribution >= 0.6 is 0 Å². The quantitative estimate of drug-likeness (QED) is 0.826. The van der Waals surface area contributed by atoms with E-state index in [0.29, 0.717) is 6.04 Å². The normalized spacial score (nSPS) is 18.3. The second-order valence-electron chi connectivity index (χ2n) is 7.06. The van der Waals surface area contributed by atoms with Crippen molar-refractivity contribution in [2.24, 2.45) is 0 Å². The molecule has 124 valence electrons. The summed E-state index contributed by atoms with van der Waals surface area (Å²) in [5.74, 6) is 0. The van der Waals surface area contributed by atoms with Gasteiger partial charge in [0.1, 0.15) is 12.1 Å². The first kappa shape index (κ1) is 16.7. The molecule has 0 amide bonds. The first-order valence-corrected chi connectivity index (χ1v) is 9.17. The summed E-state index contributed by atoms with van der Waals surface area (Å²) in [7, 11) is 0. The van der Waals surface area contributed by atoms with Crippen LogP contribution in [0.25, 0.3) is 0 Å². The van der Waals surface area contributed by atoms with Crippen molar-refractivity contribution in [3.8, 4) is 6.07 Å². The minimum absolute atomic E-state index is 0.258. The Morgan fingerprint density at radius 3 is 2.04 bits per heavy atom. The van der Waals surface area contributed by atoms with Crippen LogP contribution in [0.3, 0.4) is 0 Å². The molecular weight excluding hydrogens is 292 g/mol. The Morgan fingerprint density at radius 1 is 0.875 bits per heavy atom. The van der Waals surface area contributed by atoms with E-state index in [0.717, 1.165) is 19.3 Å². The molecule has 24 heavy (non-hydrogen) atoms. The van der Waals surface area contributed by atoms with Gasteiger partial charge >= 0.3 is 0 Å². The number of hydrogen-bond donors (Lipinski definition) is 1. The van der Waals surface area contributed by atoms with E-state index in [2.05, 4.69) is 72.0 Å². The van der Waals surface area contributed by atoms with Gasteiger partial charge in [-0.2, -0.15) is 5.26 Å². The van der Waals surface area contributed by atoms with Crippen molar-refractivity contribution in [2.75, 3.05) is 0 Å². The lowest BCUT2D eigenvalue weighted by atomic mass is 9.88. The van der Waals surface area contributed by atoms with Gasteiger partial charge in [-0.1, -0.05) is 73.5 Å².